The van der Waals surface area contributed by atoms with Crippen LogP contribution < -0.4 is 0 Å². The van der Waals surface area contributed by atoms with E-state index in [4.69, 9.17) is 0 Å². The van der Waals surface area contributed by atoms with Crippen molar-refractivity contribution in [3.63, 3.8) is 0 Å². The minimum Gasteiger partial charge on any atom is -0.326 e. The van der Waals surface area contributed by atoms with Crippen LogP contribution in [0, 0.1) is 11.6 Å². The summed E-state index contributed by atoms with van der Waals surface area (Å²) < 4.78 is 29.5. The molecule has 5 heteroatoms. The molecule has 0 fully saturated rings. The van der Waals surface area contributed by atoms with Crippen molar-refractivity contribution in [1.82, 2.24) is 9.55 Å². The third-order valence-corrected chi connectivity index (χ3v) is 3.46. The first kappa shape index (κ1) is 10.9. The van der Waals surface area contributed by atoms with Gasteiger partial charge in [-0.1, -0.05) is 0 Å². The third-order valence-electron chi connectivity index (χ3n) is 3.07. The van der Waals surface area contributed by atoms with E-state index in [0.717, 1.165) is 29.3 Å². The number of aryl methyl sites for hydroxylation is 1. The highest BCUT2D eigenvalue weighted by atomic mass is 79.9. The van der Waals surface area contributed by atoms with E-state index in [1.807, 2.05) is 10.8 Å². The van der Waals surface area contributed by atoms with Gasteiger partial charge in [-0.05, 0) is 40.5 Å². The minimum atomic E-state index is -0.408. The van der Waals surface area contributed by atoms with E-state index in [1.165, 1.54) is 12.1 Å². The van der Waals surface area contributed by atoms with Crippen LogP contribution in [-0.2, 0) is 6.42 Å². The molecule has 0 bridgehead atoms. The number of benzene rings is 1. The minimum absolute atomic E-state index is 0.153. The Morgan fingerprint density at radius 3 is 3.00 bits per heavy atom. The highest BCUT2D eigenvalue weighted by molar-refractivity contribution is 9.10. The van der Waals surface area contributed by atoms with E-state index in [2.05, 4.69) is 20.9 Å². The van der Waals surface area contributed by atoms with Crippen molar-refractivity contribution in [1.29, 1.82) is 0 Å². The van der Waals surface area contributed by atoms with Crippen LogP contribution >= 0.6 is 15.9 Å². The summed E-state index contributed by atoms with van der Waals surface area (Å²) in [5.41, 5.74) is 0.397. The van der Waals surface area contributed by atoms with Crippen LogP contribution in [0.2, 0.25) is 0 Å². The Hall–Kier alpha value is -1.23. The smallest absolute Gasteiger partial charge is 0.128 e. The van der Waals surface area contributed by atoms with Crippen molar-refractivity contribution in [2.24, 2.45) is 0 Å². The van der Waals surface area contributed by atoms with Crippen molar-refractivity contribution < 1.29 is 8.78 Å². The number of imidazole rings is 1. The molecule has 0 N–H and O–H groups in total. The lowest BCUT2D eigenvalue weighted by molar-refractivity contribution is 0.534. The third kappa shape index (κ3) is 1.78. The first-order valence-corrected chi connectivity index (χ1v) is 6.12. The Morgan fingerprint density at radius 2 is 2.18 bits per heavy atom. The zero-order valence-electron chi connectivity index (χ0n) is 8.83. The van der Waals surface area contributed by atoms with E-state index in [0.29, 0.717) is 5.56 Å². The fourth-order valence-corrected chi connectivity index (χ4v) is 2.76. The molecule has 1 aromatic heterocycles. The Morgan fingerprint density at radius 1 is 1.35 bits per heavy atom. The fourth-order valence-electron chi connectivity index (χ4n) is 2.33. The van der Waals surface area contributed by atoms with Gasteiger partial charge in [0.2, 0.25) is 0 Å². The monoisotopic (exact) mass is 298 g/mol. The van der Waals surface area contributed by atoms with Gasteiger partial charge in [0.15, 0.2) is 0 Å². The summed E-state index contributed by atoms with van der Waals surface area (Å²) in [5.74, 6) is 0.133. The second-order valence-electron chi connectivity index (χ2n) is 4.11. The van der Waals surface area contributed by atoms with Crippen LogP contribution in [0.4, 0.5) is 8.78 Å². The quantitative estimate of drug-likeness (QED) is 0.788. The Bertz CT molecular complexity index is 580. The van der Waals surface area contributed by atoms with Gasteiger partial charge in [0.1, 0.15) is 22.1 Å². The first-order valence-electron chi connectivity index (χ1n) is 5.33. The number of hydrogen-bond donors (Lipinski definition) is 0. The standard InChI is InChI=1S/C12H9BrF2N2/c13-11-6-17-10(3-4-12(17)16-11)8-5-7(14)1-2-9(8)15/h1-2,5-6,10H,3-4H2. The van der Waals surface area contributed by atoms with Crippen molar-refractivity contribution in [2.75, 3.05) is 0 Å². The van der Waals surface area contributed by atoms with E-state index in [9.17, 15) is 8.78 Å². The Kier molecular flexibility index (Phi) is 2.50. The van der Waals surface area contributed by atoms with Gasteiger partial charge in [-0.25, -0.2) is 13.8 Å². The topological polar surface area (TPSA) is 17.8 Å². The van der Waals surface area contributed by atoms with Crippen molar-refractivity contribution in [3.8, 4) is 0 Å². The number of aromatic nitrogens is 2. The largest absolute Gasteiger partial charge is 0.326 e. The fraction of sp³-hybridized carbons (Fsp3) is 0.250. The van der Waals surface area contributed by atoms with Crippen LogP contribution in [-0.4, -0.2) is 9.55 Å². The van der Waals surface area contributed by atoms with Gasteiger partial charge in [0.05, 0.1) is 6.04 Å². The molecule has 1 unspecified atom stereocenters. The van der Waals surface area contributed by atoms with Crippen LogP contribution in [0.15, 0.2) is 29.0 Å². The number of halogens is 3. The van der Waals surface area contributed by atoms with Crippen LogP contribution in [0.5, 0.6) is 0 Å². The zero-order chi connectivity index (χ0) is 12.0. The molecule has 88 valence electrons. The summed E-state index contributed by atoms with van der Waals surface area (Å²) in [5, 5.41) is 0. The molecule has 0 aliphatic carbocycles. The maximum absolute atomic E-state index is 13.7. The van der Waals surface area contributed by atoms with E-state index >= 15 is 0 Å². The molecule has 1 aromatic carbocycles. The molecule has 0 saturated carbocycles. The van der Waals surface area contributed by atoms with Crippen LogP contribution in [0.3, 0.4) is 0 Å². The van der Waals surface area contributed by atoms with Crippen molar-refractivity contribution >= 4 is 15.9 Å². The van der Waals surface area contributed by atoms with Gasteiger partial charge in [-0.2, -0.15) is 0 Å². The summed E-state index contributed by atoms with van der Waals surface area (Å²) in [6, 6.07) is 3.43. The normalized spacial score (nSPS) is 18.4. The van der Waals surface area contributed by atoms with Gasteiger partial charge in [0.25, 0.3) is 0 Å². The van der Waals surface area contributed by atoms with E-state index in [-0.39, 0.29) is 11.9 Å². The number of rotatable bonds is 1. The molecule has 0 spiro atoms. The summed E-state index contributed by atoms with van der Waals surface area (Å²) in [7, 11) is 0. The molecular formula is C12H9BrF2N2. The number of nitrogens with zero attached hydrogens (tertiary/aromatic N) is 2. The molecule has 0 saturated heterocycles. The van der Waals surface area contributed by atoms with E-state index < -0.39 is 5.82 Å². The van der Waals surface area contributed by atoms with Gasteiger partial charge < -0.3 is 4.57 Å². The molecule has 0 radical (unpaired) electrons. The maximum Gasteiger partial charge on any atom is 0.128 e. The Labute approximate surface area is 105 Å². The lowest BCUT2D eigenvalue weighted by Gasteiger charge is -2.14. The second kappa shape index (κ2) is 3.91. The molecule has 2 heterocycles. The first-order chi connectivity index (χ1) is 8.15. The van der Waals surface area contributed by atoms with Gasteiger partial charge >= 0.3 is 0 Å². The molecule has 2 aromatic rings. The summed E-state index contributed by atoms with van der Waals surface area (Å²) >= 11 is 3.29. The molecule has 2 nitrogen and oxygen atoms in total. The summed E-state index contributed by atoms with van der Waals surface area (Å²) in [6.07, 6.45) is 3.36. The molecule has 1 atom stereocenters. The molecule has 3 rings (SSSR count). The average molecular weight is 299 g/mol. The molecule has 0 amide bonds. The van der Waals surface area contributed by atoms with Gasteiger partial charge in [-0.15, -0.1) is 0 Å². The van der Waals surface area contributed by atoms with Crippen LogP contribution in [0.1, 0.15) is 23.9 Å². The molecule has 1 aliphatic heterocycles. The van der Waals surface area contributed by atoms with Gasteiger partial charge in [0, 0.05) is 18.2 Å². The highest BCUT2D eigenvalue weighted by Gasteiger charge is 2.27. The Balaban J connectivity index is 2.09. The van der Waals surface area contributed by atoms with E-state index in [1.54, 1.807) is 0 Å². The predicted octanol–water partition coefficient (Wildman–Crippen LogP) is 3.46. The molecule has 1 aliphatic rings. The summed E-state index contributed by atoms with van der Waals surface area (Å²) in [4.78, 5) is 4.28. The zero-order valence-corrected chi connectivity index (χ0v) is 10.4. The number of hydrogen-bond acceptors (Lipinski definition) is 1. The van der Waals surface area contributed by atoms with Crippen molar-refractivity contribution in [3.05, 3.63) is 52.0 Å². The van der Waals surface area contributed by atoms with Crippen molar-refractivity contribution in [2.45, 2.75) is 18.9 Å². The van der Waals surface area contributed by atoms with Crippen LogP contribution in [0.25, 0.3) is 0 Å². The van der Waals surface area contributed by atoms with Gasteiger partial charge in [-0.3, -0.25) is 0 Å². The highest BCUT2D eigenvalue weighted by Crippen LogP contribution is 2.34. The average Bonchev–Trinajstić information content (AvgIpc) is 2.80. The second-order valence-corrected chi connectivity index (χ2v) is 4.92. The lowest BCUT2D eigenvalue weighted by atomic mass is 10.0. The number of fused-ring (bicyclic) bond motifs is 1. The summed E-state index contributed by atoms with van der Waals surface area (Å²) in [6.45, 7) is 0. The molecular weight excluding hydrogens is 290 g/mol. The lowest BCUT2D eigenvalue weighted by Crippen LogP contribution is -2.07. The molecule has 17 heavy (non-hydrogen) atoms. The SMILES string of the molecule is Fc1ccc(F)c(C2CCc3nc(Br)cn32)c1. The maximum atomic E-state index is 13.7. The predicted molar refractivity (Wildman–Crippen MR) is 62.7 cm³/mol.